The van der Waals surface area contributed by atoms with Gasteiger partial charge < -0.3 is 10.0 Å². The second kappa shape index (κ2) is 9.39. The zero-order valence-electron chi connectivity index (χ0n) is 19.9. The van der Waals surface area contributed by atoms with E-state index in [1.165, 1.54) is 0 Å². The molecule has 0 atom stereocenters. The number of benzene rings is 1. The van der Waals surface area contributed by atoms with Crippen molar-refractivity contribution >= 4 is 27.3 Å². The summed E-state index contributed by atoms with van der Waals surface area (Å²) in [5.74, 6) is 0.264. The number of amides is 1. The van der Waals surface area contributed by atoms with Gasteiger partial charge in [0.05, 0.1) is 25.7 Å². The molecule has 1 aromatic carbocycles. The third-order valence-electron chi connectivity index (χ3n) is 7.01. The van der Waals surface area contributed by atoms with Gasteiger partial charge in [-0.05, 0) is 70.6 Å². The molecule has 5 rings (SSSR count). The SMILES string of the molecule is CC(C)N(C(=O)O)C1CCC(c2ncc(-c3ccc(-n4cccn4)cc3S(=O)(=O)C3CC3)s2)CC1. The highest BCUT2D eigenvalue weighted by Gasteiger charge is 2.39. The van der Waals surface area contributed by atoms with Gasteiger partial charge >= 0.3 is 6.09 Å². The van der Waals surface area contributed by atoms with Gasteiger partial charge in [0.2, 0.25) is 0 Å². The Balaban J connectivity index is 1.40. The average Bonchev–Trinajstić information content (AvgIpc) is 3.35. The Labute approximate surface area is 209 Å². The van der Waals surface area contributed by atoms with Crippen molar-refractivity contribution in [2.45, 2.75) is 80.5 Å². The summed E-state index contributed by atoms with van der Waals surface area (Å²) in [6.45, 7) is 3.83. The van der Waals surface area contributed by atoms with Gasteiger partial charge in [-0.1, -0.05) is 6.07 Å². The molecule has 10 heteroatoms. The molecule has 0 aliphatic heterocycles. The molecule has 35 heavy (non-hydrogen) atoms. The molecule has 1 N–H and O–H groups in total. The van der Waals surface area contributed by atoms with Crippen LogP contribution in [0.15, 0.2) is 47.8 Å². The summed E-state index contributed by atoms with van der Waals surface area (Å²) in [6.07, 6.45) is 9.18. The largest absolute Gasteiger partial charge is 0.465 e. The van der Waals surface area contributed by atoms with Crippen molar-refractivity contribution in [2.24, 2.45) is 0 Å². The van der Waals surface area contributed by atoms with Crippen molar-refractivity contribution in [1.29, 1.82) is 0 Å². The van der Waals surface area contributed by atoms with E-state index in [4.69, 9.17) is 0 Å². The van der Waals surface area contributed by atoms with Crippen LogP contribution in [0.2, 0.25) is 0 Å². The Morgan fingerprint density at radius 3 is 2.51 bits per heavy atom. The van der Waals surface area contributed by atoms with Gasteiger partial charge in [0.1, 0.15) is 0 Å². The van der Waals surface area contributed by atoms with Crippen molar-refractivity contribution < 1.29 is 18.3 Å². The Morgan fingerprint density at radius 1 is 1.17 bits per heavy atom. The van der Waals surface area contributed by atoms with E-state index in [0.29, 0.717) is 29.0 Å². The summed E-state index contributed by atoms with van der Waals surface area (Å²) in [5, 5.41) is 14.5. The molecule has 0 spiro atoms. The fraction of sp³-hybridized carbons (Fsp3) is 0.480. The van der Waals surface area contributed by atoms with Crippen molar-refractivity contribution in [3.8, 4) is 16.1 Å². The van der Waals surface area contributed by atoms with Crippen LogP contribution in [0, 0.1) is 0 Å². The van der Waals surface area contributed by atoms with Crippen LogP contribution in [0.1, 0.15) is 63.3 Å². The monoisotopic (exact) mass is 514 g/mol. The number of sulfone groups is 1. The first-order chi connectivity index (χ1) is 16.8. The minimum Gasteiger partial charge on any atom is -0.465 e. The second-order valence-corrected chi connectivity index (χ2v) is 13.0. The van der Waals surface area contributed by atoms with E-state index in [0.717, 1.165) is 35.6 Å². The minimum absolute atomic E-state index is 0.0355. The van der Waals surface area contributed by atoms with E-state index in [9.17, 15) is 18.3 Å². The van der Waals surface area contributed by atoms with E-state index in [-0.39, 0.29) is 23.3 Å². The first-order valence-corrected chi connectivity index (χ1v) is 14.5. The van der Waals surface area contributed by atoms with Gasteiger partial charge in [-0.15, -0.1) is 11.3 Å². The highest BCUT2D eigenvalue weighted by molar-refractivity contribution is 7.92. The lowest BCUT2D eigenvalue weighted by Gasteiger charge is -2.37. The molecule has 2 heterocycles. The zero-order chi connectivity index (χ0) is 24.7. The van der Waals surface area contributed by atoms with Crippen molar-refractivity contribution in [3.63, 3.8) is 0 Å². The van der Waals surface area contributed by atoms with Gasteiger partial charge in [0.25, 0.3) is 0 Å². The summed E-state index contributed by atoms with van der Waals surface area (Å²) in [7, 11) is -3.43. The summed E-state index contributed by atoms with van der Waals surface area (Å²) in [4.78, 5) is 19.1. The molecule has 2 aliphatic carbocycles. The summed E-state index contributed by atoms with van der Waals surface area (Å²) >= 11 is 1.55. The summed E-state index contributed by atoms with van der Waals surface area (Å²) in [5.41, 5.74) is 1.41. The first kappa shape index (κ1) is 24.0. The van der Waals surface area contributed by atoms with Crippen molar-refractivity contribution in [1.82, 2.24) is 19.7 Å². The molecule has 0 radical (unpaired) electrons. The van der Waals surface area contributed by atoms with Crippen LogP contribution >= 0.6 is 11.3 Å². The fourth-order valence-electron chi connectivity index (χ4n) is 5.07. The Morgan fingerprint density at radius 2 is 1.91 bits per heavy atom. The number of rotatable bonds is 7. The maximum atomic E-state index is 13.3. The van der Waals surface area contributed by atoms with Crippen LogP contribution in [0.25, 0.3) is 16.1 Å². The van der Waals surface area contributed by atoms with Gasteiger partial charge in [0, 0.05) is 42.2 Å². The van der Waals surface area contributed by atoms with Gasteiger partial charge in [0.15, 0.2) is 9.84 Å². The molecule has 8 nitrogen and oxygen atoms in total. The average molecular weight is 515 g/mol. The Hall–Kier alpha value is -2.72. The normalized spacial score (nSPS) is 20.8. The van der Waals surface area contributed by atoms with E-state index in [2.05, 4.69) is 10.1 Å². The molecule has 186 valence electrons. The zero-order valence-corrected chi connectivity index (χ0v) is 21.5. The number of aromatic nitrogens is 3. The first-order valence-electron chi connectivity index (χ1n) is 12.1. The number of thiazole rings is 1. The van der Waals surface area contributed by atoms with Crippen LogP contribution in [0.5, 0.6) is 0 Å². The van der Waals surface area contributed by atoms with Gasteiger partial charge in [-0.3, -0.25) is 0 Å². The van der Waals surface area contributed by atoms with Crippen LogP contribution in [-0.2, 0) is 9.84 Å². The lowest BCUT2D eigenvalue weighted by molar-refractivity contribution is 0.0906. The molecular formula is C25H30N4O4S2. The molecule has 2 fully saturated rings. The van der Waals surface area contributed by atoms with Crippen molar-refractivity contribution in [2.75, 3.05) is 0 Å². The predicted octanol–water partition coefficient (Wildman–Crippen LogP) is 5.35. The fourth-order valence-corrected chi connectivity index (χ4v) is 8.15. The topological polar surface area (TPSA) is 105 Å². The molecule has 2 aliphatic rings. The lowest BCUT2D eigenvalue weighted by Crippen LogP contribution is -2.45. The van der Waals surface area contributed by atoms with E-state index < -0.39 is 15.9 Å². The number of nitrogens with zero attached hydrogens (tertiary/aromatic N) is 4. The van der Waals surface area contributed by atoms with Crippen LogP contribution < -0.4 is 0 Å². The number of hydrogen-bond donors (Lipinski definition) is 1. The third kappa shape index (κ3) is 4.73. The van der Waals surface area contributed by atoms with Crippen LogP contribution in [0.3, 0.4) is 0 Å². The standard InChI is InChI=1S/C25H30N4O4S2/c1-16(2)29(25(30)31)18-6-4-17(5-7-18)24-26-15-22(34-24)21-11-8-19(28-13-3-12-27-28)14-23(21)35(32,33)20-9-10-20/h3,8,11-18,20H,4-7,9-10H2,1-2H3,(H,30,31). The van der Waals surface area contributed by atoms with Gasteiger partial charge in [-0.25, -0.2) is 22.9 Å². The second-order valence-electron chi connectivity index (χ2n) is 9.73. The highest BCUT2D eigenvalue weighted by Crippen LogP contribution is 2.43. The molecular weight excluding hydrogens is 484 g/mol. The maximum absolute atomic E-state index is 13.3. The number of carbonyl (C=O) groups is 1. The number of carboxylic acid groups (broad SMARTS) is 1. The highest BCUT2D eigenvalue weighted by atomic mass is 32.2. The van der Waals surface area contributed by atoms with E-state index >= 15 is 0 Å². The van der Waals surface area contributed by atoms with Crippen molar-refractivity contribution in [3.05, 3.63) is 47.9 Å². The van der Waals surface area contributed by atoms with E-state index in [1.54, 1.807) is 45.6 Å². The molecule has 2 aromatic heterocycles. The number of hydrogen-bond acceptors (Lipinski definition) is 6. The third-order valence-corrected chi connectivity index (χ3v) is 10.5. The molecule has 1 amide bonds. The molecule has 0 saturated heterocycles. The Kier molecular flexibility index (Phi) is 6.43. The molecule has 3 aromatic rings. The molecule has 0 bridgehead atoms. The summed E-state index contributed by atoms with van der Waals surface area (Å²) < 4.78 is 28.3. The van der Waals surface area contributed by atoms with Crippen LogP contribution in [-0.4, -0.2) is 56.6 Å². The predicted molar refractivity (Wildman–Crippen MR) is 135 cm³/mol. The van der Waals surface area contributed by atoms with Gasteiger partial charge in [-0.2, -0.15) is 5.10 Å². The maximum Gasteiger partial charge on any atom is 0.407 e. The minimum atomic E-state index is -3.43. The summed E-state index contributed by atoms with van der Waals surface area (Å²) in [6, 6.07) is 7.29. The Bertz CT molecular complexity index is 1300. The molecule has 0 unspecified atom stereocenters. The smallest absolute Gasteiger partial charge is 0.407 e. The van der Waals surface area contributed by atoms with Crippen LogP contribution in [0.4, 0.5) is 4.79 Å². The quantitative estimate of drug-likeness (QED) is 0.456. The molecule has 2 saturated carbocycles. The lowest BCUT2D eigenvalue weighted by atomic mass is 9.85. The van der Waals surface area contributed by atoms with E-state index in [1.807, 2.05) is 32.0 Å².